The number of hydrogen-bond acceptors (Lipinski definition) is 2. The first-order valence-electron chi connectivity index (χ1n) is 25.4. The topological polar surface area (TPSA) is 6.48 Å². The molecular weight excluding hydrogens is 881 g/mol. The summed E-state index contributed by atoms with van der Waals surface area (Å²) in [7, 11) is 0. The summed E-state index contributed by atoms with van der Waals surface area (Å²) in [6.07, 6.45) is 6.70. The molecule has 2 heteroatoms. The van der Waals surface area contributed by atoms with E-state index in [2.05, 4.69) is 293 Å². The molecule has 0 aliphatic heterocycles. The lowest BCUT2D eigenvalue weighted by atomic mass is 9.88. The number of benzene rings is 12. The van der Waals surface area contributed by atoms with Crippen molar-refractivity contribution in [1.82, 2.24) is 0 Å². The Morgan fingerprint density at radius 1 is 0.274 bits per heavy atom. The summed E-state index contributed by atoms with van der Waals surface area (Å²) in [5.74, 6) is 0. The van der Waals surface area contributed by atoms with Gasteiger partial charge < -0.3 is 9.80 Å². The predicted molar refractivity (Wildman–Crippen MR) is 316 cm³/mol. The molecule has 0 unspecified atom stereocenters. The summed E-state index contributed by atoms with van der Waals surface area (Å²) in [6.45, 7) is 10.7. The minimum atomic E-state index is 1.10. The molecule has 0 aliphatic rings. The van der Waals surface area contributed by atoms with Crippen LogP contribution in [-0.4, -0.2) is 0 Å². The molecule has 350 valence electrons. The lowest BCUT2D eigenvalue weighted by Gasteiger charge is -2.29. The largest absolute Gasteiger partial charge is 0.310 e. The first-order valence-corrected chi connectivity index (χ1v) is 25.4. The molecule has 0 N–H and O–H groups in total. The van der Waals surface area contributed by atoms with Crippen LogP contribution in [-0.2, 0) is 0 Å². The molecule has 12 aromatic rings. The van der Waals surface area contributed by atoms with Crippen LogP contribution in [0.4, 0.5) is 34.1 Å². The number of aryl methyl sites for hydroxylation is 5. The van der Waals surface area contributed by atoms with Gasteiger partial charge in [0.25, 0.3) is 0 Å². The van der Waals surface area contributed by atoms with E-state index >= 15 is 0 Å². The van der Waals surface area contributed by atoms with Gasteiger partial charge in [0, 0.05) is 33.5 Å². The maximum atomic E-state index is 2.43. The highest BCUT2D eigenvalue weighted by Crippen LogP contribution is 2.49. The van der Waals surface area contributed by atoms with E-state index < -0.39 is 0 Å². The molecule has 0 atom stereocenters. The van der Waals surface area contributed by atoms with Gasteiger partial charge in [-0.25, -0.2) is 0 Å². The molecule has 0 amide bonds. The lowest BCUT2D eigenvalue weighted by Crippen LogP contribution is -2.11. The van der Waals surface area contributed by atoms with Gasteiger partial charge in [0.1, 0.15) is 0 Å². The maximum absolute atomic E-state index is 2.43. The van der Waals surface area contributed by atoms with E-state index in [1.165, 1.54) is 93.2 Å². The Hall–Kier alpha value is -8.98. The third-order valence-electron chi connectivity index (χ3n) is 14.6. The molecule has 0 radical (unpaired) electrons. The zero-order chi connectivity index (χ0) is 49.6. The monoisotopic (exact) mass is 936 g/mol. The summed E-state index contributed by atoms with van der Waals surface area (Å²) >= 11 is 0. The van der Waals surface area contributed by atoms with Crippen molar-refractivity contribution in [3.63, 3.8) is 0 Å². The fraction of sp³-hybridized carbons (Fsp3) is 0.0704. The predicted octanol–water partition coefficient (Wildman–Crippen LogP) is 20.0. The summed E-state index contributed by atoms with van der Waals surface area (Å²) in [6, 6.07) is 85.3. The minimum absolute atomic E-state index is 1.10. The van der Waals surface area contributed by atoms with Crippen molar-refractivity contribution in [2.24, 2.45) is 0 Å². The van der Waals surface area contributed by atoms with Gasteiger partial charge in [-0.1, -0.05) is 210 Å². The van der Waals surface area contributed by atoms with Crippen LogP contribution in [0.5, 0.6) is 0 Å². The third-order valence-corrected chi connectivity index (χ3v) is 14.6. The molecule has 0 aliphatic carbocycles. The van der Waals surface area contributed by atoms with Crippen molar-refractivity contribution >= 4 is 101 Å². The number of anilines is 6. The Kier molecular flexibility index (Phi) is 11.7. The average molecular weight is 937 g/mol. The van der Waals surface area contributed by atoms with Gasteiger partial charge in [-0.05, 0) is 167 Å². The molecule has 0 bridgehead atoms. The molecule has 0 spiro atoms. The van der Waals surface area contributed by atoms with Crippen LogP contribution in [0.3, 0.4) is 0 Å². The Morgan fingerprint density at radius 3 is 0.945 bits per heavy atom. The summed E-state index contributed by atoms with van der Waals surface area (Å²) in [5, 5.41) is 9.98. The third kappa shape index (κ3) is 8.72. The van der Waals surface area contributed by atoms with Gasteiger partial charge in [-0.15, -0.1) is 0 Å². The van der Waals surface area contributed by atoms with Crippen LogP contribution < -0.4 is 9.80 Å². The Morgan fingerprint density at radius 2 is 0.562 bits per heavy atom. The van der Waals surface area contributed by atoms with E-state index in [1.807, 2.05) is 0 Å². The second-order valence-corrected chi connectivity index (χ2v) is 19.8. The molecule has 0 saturated heterocycles. The van der Waals surface area contributed by atoms with Gasteiger partial charge in [-0.3, -0.25) is 0 Å². The van der Waals surface area contributed by atoms with Crippen LogP contribution in [0.25, 0.3) is 66.9 Å². The minimum Gasteiger partial charge on any atom is -0.310 e. The molecule has 0 saturated carbocycles. The number of rotatable bonds is 11. The summed E-state index contributed by atoms with van der Waals surface area (Å²) < 4.78 is 0. The Labute approximate surface area is 429 Å². The molecule has 12 aromatic carbocycles. The van der Waals surface area contributed by atoms with Gasteiger partial charge in [0.05, 0.1) is 11.4 Å². The molecule has 0 fully saturated rings. The highest BCUT2D eigenvalue weighted by molar-refractivity contribution is 6.35. The van der Waals surface area contributed by atoms with E-state index in [1.54, 1.807) is 0 Å². The van der Waals surface area contributed by atoms with Gasteiger partial charge in [-0.2, -0.15) is 0 Å². The van der Waals surface area contributed by atoms with Crippen molar-refractivity contribution in [3.05, 3.63) is 286 Å². The van der Waals surface area contributed by atoms with Gasteiger partial charge in [0.15, 0.2) is 0 Å². The quantitative estimate of drug-likeness (QED) is 0.0724. The Bertz CT molecular complexity index is 3930. The SMILES string of the molecule is Cc1ccc(/C=C/c2ccc(N(c3ccc(C)cc3)c3ccc4c5ccc(N(c6ccc(C)cc6)c6ccc(C=C(c7ccc(C)cc7)c7ccc(C)cc7)cc6)c6cccc(c7cccc3c74)c65)cc2)cc1. The van der Waals surface area contributed by atoms with Crippen LogP contribution in [0, 0.1) is 34.6 Å². The zero-order valence-corrected chi connectivity index (χ0v) is 42.1. The first-order chi connectivity index (χ1) is 35.7. The fourth-order valence-electron chi connectivity index (χ4n) is 10.6. The lowest BCUT2D eigenvalue weighted by molar-refractivity contribution is 1.29. The van der Waals surface area contributed by atoms with E-state index in [0.29, 0.717) is 0 Å². The molecule has 73 heavy (non-hydrogen) atoms. The van der Waals surface area contributed by atoms with E-state index in [0.717, 1.165) is 45.3 Å². The van der Waals surface area contributed by atoms with Crippen molar-refractivity contribution in [3.8, 4) is 0 Å². The van der Waals surface area contributed by atoms with Crippen molar-refractivity contribution in [1.29, 1.82) is 0 Å². The first kappa shape index (κ1) is 45.2. The second-order valence-electron chi connectivity index (χ2n) is 19.8. The number of fused-ring (bicyclic) bond motifs is 2. The second kappa shape index (κ2) is 19.0. The molecule has 0 aromatic heterocycles. The highest BCUT2D eigenvalue weighted by atomic mass is 15.1. The number of nitrogens with zero attached hydrogens (tertiary/aromatic N) is 2. The van der Waals surface area contributed by atoms with E-state index in [9.17, 15) is 0 Å². The Balaban J connectivity index is 0.976. The fourth-order valence-corrected chi connectivity index (χ4v) is 10.6. The van der Waals surface area contributed by atoms with Gasteiger partial charge in [0.2, 0.25) is 0 Å². The van der Waals surface area contributed by atoms with E-state index in [4.69, 9.17) is 0 Å². The maximum Gasteiger partial charge on any atom is 0.0540 e. The molecule has 2 nitrogen and oxygen atoms in total. The smallest absolute Gasteiger partial charge is 0.0540 e. The van der Waals surface area contributed by atoms with E-state index in [-0.39, 0.29) is 0 Å². The van der Waals surface area contributed by atoms with Crippen molar-refractivity contribution in [2.75, 3.05) is 9.80 Å². The standard InChI is InChI=1S/C71H56N2/c1-47-12-22-52(23-13-47)24-25-53-26-38-59(39-27-53)72(57-34-18-50(4)19-35-57)68-44-42-63-64-43-45-69(66-11-7-9-62(71(64)66)61-8-6-10-65(68)70(61)63)73(58-36-20-51(5)21-37-58)60-40-28-54(29-41-60)46-67(55-30-14-48(2)15-31-55)56-32-16-49(3)17-33-56/h6-46H,1-5H3/b25-24+. The van der Waals surface area contributed by atoms with Gasteiger partial charge >= 0.3 is 0 Å². The average Bonchev–Trinajstić information content (AvgIpc) is 3.42. The summed E-state index contributed by atoms with van der Waals surface area (Å²) in [4.78, 5) is 4.85. The highest BCUT2D eigenvalue weighted by Gasteiger charge is 2.23. The van der Waals surface area contributed by atoms with Crippen LogP contribution in [0.2, 0.25) is 0 Å². The van der Waals surface area contributed by atoms with Crippen LogP contribution >= 0.6 is 0 Å². The molecular formula is C71H56N2. The normalized spacial score (nSPS) is 11.6. The van der Waals surface area contributed by atoms with Crippen molar-refractivity contribution in [2.45, 2.75) is 34.6 Å². The summed E-state index contributed by atoms with van der Waals surface area (Å²) in [5.41, 5.74) is 20.1. The van der Waals surface area contributed by atoms with Crippen LogP contribution in [0.1, 0.15) is 55.6 Å². The van der Waals surface area contributed by atoms with Crippen molar-refractivity contribution < 1.29 is 0 Å². The number of hydrogen-bond donors (Lipinski definition) is 0. The zero-order valence-electron chi connectivity index (χ0n) is 42.1. The molecule has 0 heterocycles. The van der Waals surface area contributed by atoms with Crippen LogP contribution in [0.15, 0.2) is 231 Å². The molecule has 12 rings (SSSR count).